The first-order valence-corrected chi connectivity index (χ1v) is 8.16. The summed E-state index contributed by atoms with van der Waals surface area (Å²) in [6, 6.07) is 9.01. The van der Waals surface area contributed by atoms with Crippen LogP contribution in [0.2, 0.25) is 0 Å². The Balaban J connectivity index is 2.23. The lowest BCUT2D eigenvalue weighted by molar-refractivity contribution is -0.162. The minimum Gasteiger partial charge on any atom is -0.369 e. The predicted molar refractivity (Wildman–Crippen MR) is 85.9 cm³/mol. The highest BCUT2D eigenvalue weighted by atomic mass is 19.4. The lowest BCUT2D eigenvalue weighted by Crippen LogP contribution is -2.32. The van der Waals surface area contributed by atoms with E-state index in [1.807, 2.05) is 0 Å². The first-order valence-electron chi connectivity index (χ1n) is 8.16. The molecule has 0 radical (unpaired) electrons. The van der Waals surface area contributed by atoms with E-state index >= 15 is 0 Å². The summed E-state index contributed by atoms with van der Waals surface area (Å²) in [4.78, 5) is 12.1. The quantitative estimate of drug-likeness (QED) is 0.723. The number of halogens is 6. The summed E-state index contributed by atoms with van der Waals surface area (Å²) >= 11 is 0. The van der Waals surface area contributed by atoms with Crippen LogP contribution in [-0.4, -0.2) is 5.91 Å². The third-order valence-electron chi connectivity index (χ3n) is 4.91. The summed E-state index contributed by atoms with van der Waals surface area (Å²) in [5.74, 6) is -3.08. The minimum absolute atomic E-state index is 0.0923. The molecule has 0 bridgehead atoms. The van der Waals surface area contributed by atoms with Crippen molar-refractivity contribution in [1.82, 2.24) is 0 Å². The van der Waals surface area contributed by atoms with Gasteiger partial charge < -0.3 is 5.73 Å². The van der Waals surface area contributed by atoms with E-state index in [1.54, 1.807) is 24.3 Å². The van der Waals surface area contributed by atoms with E-state index in [2.05, 4.69) is 0 Å². The van der Waals surface area contributed by atoms with Gasteiger partial charge in [0.1, 0.15) is 0 Å². The molecule has 0 aliphatic heterocycles. The zero-order valence-electron chi connectivity index (χ0n) is 13.9. The molecule has 1 amide bonds. The Morgan fingerprint density at radius 3 is 2.11 bits per heavy atom. The van der Waals surface area contributed by atoms with E-state index in [1.165, 1.54) is 0 Å². The average Bonchev–Trinajstić information content (AvgIpc) is 2.58. The van der Waals surface area contributed by atoms with Crippen molar-refractivity contribution in [2.24, 2.45) is 5.73 Å². The smallest absolute Gasteiger partial charge is 0.369 e. The summed E-state index contributed by atoms with van der Waals surface area (Å²) in [6.07, 6.45) is -9.95. The highest BCUT2D eigenvalue weighted by Gasteiger charge is 2.47. The summed E-state index contributed by atoms with van der Waals surface area (Å²) in [6.45, 7) is 0. The number of benzene rings is 2. The van der Waals surface area contributed by atoms with Gasteiger partial charge in [-0.1, -0.05) is 36.4 Å². The molecule has 0 saturated carbocycles. The number of aryl methyl sites for hydroxylation is 1. The van der Waals surface area contributed by atoms with Gasteiger partial charge in [-0.25, -0.2) is 0 Å². The number of nitrogens with two attached hydrogens (primary N) is 1. The van der Waals surface area contributed by atoms with Crippen LogP contribution < -0.4 is 5.73 Å². The number of fused-ring (bicyclic) bond motifs is 1. The second-order valence-electron chi connectivity index (χ2n) is 6.49. The molecular formula is C19H15F6NO. The number of hydrogen-bond donors (Lipinski definition) is 1. The van der Waals surface area contributed by atoms with Gasteiger partial charge in [0.05, 0.1) is 17.0 Å². The van der Waals surface area contributed by atoms with Crippen LogP contribution in [-0.2, 0) is 23.6 Å². The molecule has 0 fully saturated rings. The number of hydrogen-bond acceptors (Lipinski definition) is 1. The van der Waals surface area contributed by atoms with Crippen LogP contribution in [0.5, 0.6) is 0 Å². The van der Waals surface area contributed by atoms with Crippen LogP contribution in [0.15, 0.2) is 42.5 Å². The minimum atomic E-state index is -5.22. The van der Waals surface area contributed by atoms with Crippen molar-refractivity contribution in [3.63, 3.8) is 0 Å². The van der Waals surface area contributed by atoms with Crippen molar-refractivity contribution in [2.45, 2.75) is 37.0 Å². The van der Waals surface area contributed by atoms with Crippen molar-refractivity contribution in [3.8, 4) is 0 Å². The van der Waals surface area contributed by atoms with Crippen LogP contribution in [0.1, 0.15) is 46.1 Å². The van der Waals surface area contributed by atoms with Crippen molar-refractivity contribution in [1.29, 1.82) is 0 Å². The lowest BCUT2D eigenvalue weighted by atomic mass is 9.70. The normalized spacial score (nSPS) is 20.2. The van der Waals surface area contributed by atoms with Crippen LogP contribution in [0.3, 0.4) is 0 Å². The van der Waals surface area contributed by atoms with Gasteiger partial charge in [-0.2, -0.15) is 26.3 Å². The maximum atomic E-state index is 13.6. The Kier molecular flexibility index (Phi) is 4.69. The summed E-state index contributed by atoms with van der Waals surface area (Å²) in [5.41, 5.74) is 2.63. The van der Waals surface area contributed by atoms with Crippen molar-refractivity contribution in [2.75, 3.05) is 0 Å². The number of amides is 1. The molecule has 1 aliphatic rings. The van der Waals surface area contributed by atoms with Gasteiger partial charge in [0.15, 0.2) is 0 Å². The van der Waals surface area contributed by atoms with Crippen LogP contribution in [0.25, 0.3) is 0 Å². The Bertz CT molecular complexity index is 871. The number of carbonyl (C=O) groups is 1. The zero-order chi connectivity index (χ0) is 20.0. The van der Waals surface area contributed by atoms with E-state index in [0.717, 1.165) is 17.7 Å². The number of primary amides is 1. The molecule has 8 heteroatoms. The molecule has 1 unspecified atom stereocenters. The fourth-order valence-corrected chi connectivity index (χ4v) is 3.88. The van der Waals surface area contributed by atoms with E-state index in [0.29, 0.717) is 18.1 Å². The molecule has 0 heterocycles. The molecule has 0 spiro atoms. The summed E-state index contributed by atoms with van der Waals surface area (Å²) in [5, 5.41) is 0. The van der Waals surface area contributed by atoms with Crippen molar-refractivity contribution >= 4 is 5.91 Å². The number of alkyl halides is 6. The van der Waals surface area contributed by atoms with E-state index in [4.69, 9.17) is 5.73 Å². The second kappa shape index (κ2) is 6.58. The zero-order valence-corrected chi connectivity index (χ0v) is 13.9. The molecule has 2 N–H and O–H groups in total. The van der Waals surface area contributed by atoms with Crippen LogP contribution in [0, 0.1) is 0 Å². The fourth-order valence-electron chi connectivity index (χ4n) is 3.88. The second-order valence-corrected chi connectivity index (χ2v) is 6.49. The molecule has 0 saturated heterocycles. The van der Waals surface area contributed by atoms with Gasteiger partial charge in [0.2, 0.25) is 5.91 Å². The molecule has 2 aromatic carbocycles. The van der Waals surface area contributed by atoms with Crippen molar-refractivity contribution in [3.05, 3.63) is 70.3 Å². The van der Waals surface area contributed by atoms with Gasteiger partial charge in [0.25, 0.3) is 0 Å². The van der Waals surface area contributed by atoms with Gasteiger partial charge >= 0.3 is 12.4 Å². The van der Waals surface area contributed by atoms with E-state index < -0.39 is 46.8 Å². The molecule has 144 valence electrons. The molecule has 0 aromatic heterocycles. The topological polar surface area (TPSA) is 43.1 Å². The molecule has 2 nitrogen and oxygen atoms in total. The van der Waals surface area contributed by atoms with Crippen molar-refractivity contribution < 1.29 is 31.1 Å². The van der Waals surface area contributed by atoms with E-state index in [9.17, 15) is 31.1 Å². The van der Waals surface area contributed by atoms with Crippen LogP contribution >= 0.6 is 0 Å². The van der Waals surface area contributed by atoms with Gasteiger partial charge in [-0.15, -0.1) is 0 Å². The average molecular weight is 387 g/mol. The van der Waals surface area contributed by atoms with E-state index in [-0.39, 0.29) is 6.42 Å². The molecule has 2 aromatic rings. The highest BCUT2D eigenvalue weighted by molar-refractivity contribution is 5.84. The molecule has 3 rings (SSSR count). The number of carbonyl (C=O) groups excluding carboxylic acids is 1. The third-order valence-corrected chi connectivity index (χ3v) is 4.91. The molecular weight excluding hydrogens is 372 g/mol. The molecule has 2 atom stereocenters. The molecule has 1 aliphatic carbocycles. The standard InChI is InChI=1S/C19H15F6NO/c20-18(21,22)14-7-3-6-13(16(14)19(23,24)25)12-9-8-10-4-1-2-5-11(10)15(12)17(26)27/h1-7,12,15H,8-9H2,(H2,26,27)/t12-,15?/m0/s1. The fraction of sp³-hybridized carbons (Fsp3) is 0.316. The Labute approximate surface area is 151 Å². The highest BCUT2D eigenvalue weighted by Crippen LogP contribution is 2.49. The monoisotopic (exact) mass is 387 g/mol. The maximum absolute atomic E-state index is 13.6. The first-order chi connectivity index (χ1) is 12.5. The first kappa shape index (κ1) is 19.3. The number of rotatable bonds is 2. The SMILES string of the molecule is NC(=O)C1c2ccccc2CC[C@H]1c1cccc(C(F)(F)F)c1C(F)(F)F. The third kappa shape index (κ3) is 3.52. The predicted octanol–water partition coefficient (Wildman–Crippen LogP) is 5.02. The van der Waals surface area contributed by atoms with Gasteiger partial charge in [0, 0.05) is 5.92 Å². The lowest BCUT2D eigenvalue weighted by Gasteiger charge is -2.34. The Hall–Kier alpha value is -2.51. The Morgan fingerprint density at radius 2 is 1.52 bits per heavy atom. The largest absolute Gasteiger partial charge is 0.417 e. The maximum Gasteiger partial charge on any atom is 0.417 e. The molecule has 27 heavy (non-hydrogen) atoms. The van der Waals surface area contributed by atoms with Crippen LogP contribution in [0.4, 0.5) is 26.3 Å². The Morgan fingerprint density at radius 1 is 0.889 bits per heavy atom. The summed E-state index contributed by atoms with van der Waals surface area (Å²) < 4.78 is 80.5. The van der Waals surface area contributed by atoms with Gasteiger partial charge in [-0.3, -0.25) is 4.79 Å². The summed E-state index contributed by atoms with van der Waals surface area (Å²) in [7, 11) is 0. The van der Waals surface area contributed by atoms with Gasteiger partial charge in [-0.05, 0) is 35.6 Å².